The van der Waals surface area contributed by atoms with E-state index in [1.165, 1.54) is 0 Å². The van der Waals surface area contributed by atoms with Crippen molar-refractivity contribution in [3.05, 3.63) is 58.7 Å². The van der Waals surface area contributed by atoms with E-state index in [1.54, 1.807) is 31.4 Å². The third kappa shape index (κ3) is 4.45. The summed E-state index contributed by atoms with van der Waals surface area (Å²) in [5, 5.41) is 2.92. The molecule has 0 unspecified atom stereocenters. The second-order valence-electron chi connectivity index (χ2n) is 6.57. The summed E-state index contributed by atoms with van der Waals surface area (Å²) in [4.78, 5) is 27.1. The van der Waals surface area contributed by atoms with Crippen molar-refractivity contribution in [2.75, 3.05) is 37.0 Å². The fourth-order valence-electron chi connectivity index (χ4n) is 3.04. The summed E-state index contributed by atoms with van der Waals surface area (Å²) >= 11 is 1.87. The van der Waals surface area contributed by atoms with Gasteiger partial charge < -0.3 is 15.0 Å². The molecule has 0 bridgehead atoms. The minimum atomic E-state index is -0.205. The van der Waals surface area contributed by atoms with Gasteiger partial charge in [0.05, 0.1) is 7.11 Å². The summed E-state index contributed by atoms with van der Waals surface area (Å²) in [6.45, 7) is 5.40. The lowest BCUT2D eigenvalue weighted by atomic mass is 10.1. The highest BCUT2D eigenvalue weighted by atomic mass is 32.2. The fraction of sp³-hybridized carbons (Fsp3) is 0.333. The predicted molar refractivity (Wildman–Crippen MR) is 110 cm³/mol. The summed E-state index contributed by atoms with van der Waals surface area (Å²) in [5.74, 6) is 2.50. The number of carbonyl (C=O) groups excluding carboxylic acids is 2. The first kappa shape index (κ1) is 19.3. The normalized spacial score (nSPS) is 14.0. The van der Waals surface area contributed by atoms with Crippen LogP contribution in [0.1, 0.15) is 31.8 Å². The first-order valence-electron chi connectivity index (χ1n) is 8.93. The van der Waals surface area contributed by atoms with Crippen LogP contribution < -0.4 is 10.1 Å². The maximum atomic E-state index is 12.6. The zero-order chi connectivity index (χ0) is 19.4. The van der Waals surface area contributed by atoms with Crippen LogP contribution in [0.3, 0.4) is 0 Å². The van der Waals surface area contributed by atoms with Crippen molar-refractivity contribution in [2.24, 2.45) is 0 Å². The highest BCUT2D eigenvalue weighted by molar-refractivity contribution is 7.99. The number of thioether (sulfide) groups is 1. The van der Waals surface area contributed by atoms with E-state index in [-0.39, 0.29) is 11.8 Å². The number of hydrogen-bond acceptors (Lipinski definition) is 4. The van der Waals surface area contributed by atoms with Crippen LogP contribution in [-0.4, -0.2) is 48.4 Å². The van der Waals surface area contributed by atoms with Gasteiger partial charge in [0.15, 0.2) is 0 Å². The molecule has 0 aliphatic carbocycles. The molecular formula is C21H24N2O3S. The van der Waals surface area contributed by atoms with Crippen LogP contribution in [-0.2, 0) is 0 Å². The summed E-state index contributed by atoms with van der Waals surface area (Å²) in [6.07, 6.45) is 0. The molecule has 1 heterocycles. The SMILES string of the molecule is COc1cc(C(=O)Nc2ccc(C(=O)N3CCSCC3)cc2C)ccc1C. The quantitative estimate of drug-likeness (QED) is 0.872. The zero-order valence-electron chi connectivity index (χ0n) is 15.9. The van der Waals surface area contributed by atoms with Gasteiger partial charge in [-0.25, -0.2) is 0 Å². The Morgan fingerprint density at radius 2 is 1.70 bits per heavy atom. The van der Waals surface area contributed by atoms with E-state index >= 15 is 0 Å². The molecular weight excluding hydrogens is 360 g/mol. The maximum absolute atomic E-state index is 12.6. The fourth-order valence-corrected chi connectivity index (χ4v) is 3.94. The van der Waals surface area contributed by atoms with Crippen molar-refractivity contribution in [3.8, 4) is 5.75 Å². The van der Waals surface area contributed by atoms with Gasteiger partial charge in [0.2, 0.25) is 0 Å². The number of benzene rings is 2. The van der Waals surface area contributed by atoms with Crippen LogP contribution >= 0.6 is 11.8 Å². The number of nitrogens with one attached hydrogen (secondary N) is 1. The van der Waals surface area contributed by atoms with Gasteiger partial charge in [0.1, 0.15) is 5.75 Å². The Balaban J connectivity index is 1.74. The van der Waals surface area contributed by atoms with Gasteiger partial charge in [-0.05, 0) is 55.3 Å². The van der Waals surface area contributed by atoms with Gasteiger partial charge >= 0.3 is 0 Å². The van der Waals surface area contributed by atoms with Crippen LogP contribution in [0.25, 0.3) is 0 Å². The molecule has 0 aromatic heterocycles. The molecule has 2 aromatic carbocycles. The van der Waals surface area contributed by atoms with Gasteiger partial charge in [-0.2, -0.15) is 11.8 Å². The van der Waals surface area contributed by atoms with Crippen molar-refractivity contribution in [2.45, 2.75) is 13.8 Å². The Kier molecular flexibility index (Phi) is 6.06. The third-order valence-electron chi connectivity index (χ3n) is 4.69. The second-order valence-corrected chi connectivity index (χ2v) is 7.80. The number of nitrogens with zero attached hydrogens (tertiary/aromatic N) is 1. The molecule has 1 fully saturated rings. The Bertz CT molecular complexity index is 861. The summed E-state index contributed by atoms with van der Waals surface area (Å²) in [6, 6.07) is 10.8. The van der Waals surface area contributed by atoms with Gasteiger partial charge in [-0.3, -0.25) is 9.59 Å². The number of amides is 2. The number of methoxy groups -OCH3 is 1. The monoisotopic (exact) mass is 384 g/mol. The van der Waals surface area contributed by atoms with E-state index in [1.807, 2.05) is 42.6 Å². The molecule has 2 amide bonds. The van der Waals surface area contributed by atoms with E-state index in [2.05, 4.69) is 5.32 Å². The van der Waals surface area contributed by atoms with Gasteiger partial charge in [-0.1, -0.05) is 6.07 Å². The largest absolute Gasteiger partial charge is 0.496 e. The van der Waals surface area contributed by atoms with Gasteiger partial charge in [-0.15, -0.1) is 0 Å². The second kappa shape index (κ2) is 8.48. The molecule has 0 spiro atoms. The molecule has 6 heteroatoms. The Morgan fingerprint density at radius 1 is 1.00 bits per heavy atom. The highest BCUT2D eigenvalue weighted by Crippen LogP contribution is 2.22. The van der Waals surface area contributed by atoms with E-state index in [9.17, 15) is 9.59 Å². The van der Waals surface area contributed by atoms with Crippen LogP contribution in [0.15, 0.2) is 36.4 Å². The smallest absolute Gasteiger partial charge is 0.255 e. The molecule has 0 saturated carbocycles. The molecule has 142 valence electrons. The third-order valence-corrected chi connectivity index (χ3v) is 5.63. The minimum Gasteiger partial charge on any atom is -0.496 e. The lowest BCUT2D eigenvalue weighted by Crippen LogP contribution is -2.37. The Hall–Kier alpha value is -2.47. The van der Waals surface area contributed by atoms with E-state index < -0.39 is 0 Å². The highest BCUT2D eigenvalue weighted by Gasteiger charge is 2.19. The van der Waals surface area contributed by atoms with Gasteiger partial charge in [0.25, 0.3) is 11.8 Å². The van der Waals surface area contributed by atoms with Crippen LogP contribution in [0.4, 0.5) is 5.69 Å². The van der Waals surface area contributed by atoms with Gasteiger partial charge in [0, 0.05) is 41.4 Å². The van der Waals surface area contributed by atoms with Crippen molar-refractivity contribution in [1.82, 2.24) is 4.90 Å². The van der Waals surface area contributed by atoms with Crippen LogP contribution in [0, 0.1) is 13.8 Å². The Morgan fingerprint density at radius 3 is 2.37 bits per heavy atom. The number of aryl methyl sites for hydroxylation is 2. The van der Waals surface area contributed by atoms with Crippen molar-refractivity contribution >= 4 is 29.3 Å². The molecule has 0 radical (unpaired) electrons. The topological polar surface area (TPSA) is 58.6 Å². The summed E-state index contributed by atoms with van der Waals surface area (Å²) in [5.41, 5.74) is 3.73. The first-order chi connectivity index (χ1) is 13.0. The van der Waals surface area contributed by atoms with Crippen molar-refractivity contribution in [3.63, 3.8) is 0 Å². The average molecular weight is 385 g/mol. The maximum Gasteiger partial charge on any atom is 0.255 e. The lowest BCUT2D eigenvalue weighted by Gasteiger charge is -2.26. The predicted octanol–water partition coefficient (Wildman–Crippen LogP) is 3.75. The zero-order valence-corrected chi connectivity index (χ0v) is 16.7. The first-order valence-corrected chi connectivity index (χ1v) is 10.1. The number of carbonyl (C=O) groups is 2. The van der Waals surface area contributed by atoms with E-state index in [4.69, 9.17) is 4.74 Å². The van der Waals surface area contributed by atoms with Crippen LogP contribution in [0.2, 0.25) is 0 Å². The van der Waals surface area contributed by atoms with E-state index in [0.717, 1.165) is 35.7 Å². The molecule has 1 saturated heterocycles. The summed E-state index contributed by atoms with van der Waals surface area (Å²) < 4.78 is 5.29. The minimum absolute atomic E-state index is 0.0551. The molecule has 5 nitrogen and oxygen atoms in total. The molecule has 3 rings (SSSR count). The number of anilines is 1. The molecule has 1 aliphatic heterocycles. The number of hydrogen-bond donors (Lipinski definition) is 1. The lowest BCUT2D eigenvalue weighted by molar-refractivity contribution is 0.0772. The number of rotatable bonds is 4. The van der Waals surface area contributed by atoms with Crippen molar-refractivity contribution < 1.29 is 14.3 Å². The molecule has 0 atom stereocenters. The van der Waals surface area contributed by atoms with E-state index in [0.29, 0.717) is 22.6 Å². The number of ether oxygens (including phenoxy) is 1. The summed E-state index contributed by atoms with van der Waals surface area (Å²) in [7, 11) is 1.59. The molecule has 27 heavy (non-hydrogen) atoms. The molecule has 1 aliphatic rings. The molecule has 1 N–H and O–H groups in total. The van der Waals surface area contributed by atoms with Crippen molar-refractivity contribution in [1.29, 1.82) is 0 Å². The van der Waals surface area contributed by atoms with Crippen LogP contribution in [0.5, 0.6) is 5.75 Å². The standard InChI is InChI=1S/C21H24N2O3S/c1-14-4-5-16(13-19(14)26-3)20(24)22-18-7-6-17(12-15(18)2)21(25)23-8-10-27-11-9-23/h4-7,12-13H,8-11H2,1-3H3,(H,22,24). The Labute approximate surface area is 164 Å². The molecule has 2 aromatic rings. The average Bonchev–Trinajstić information content (AvgIpc) is 2.69.